The summed E-state index contributed by atoms with van der Waals surface area (Å²) in [5.74, 6) is 2.73. The van der Waals surface area contributed by atoms with Crippen molar-refractivity contribution in [2.75, 3.05) is 31.7 Å². The maximum Gasteiger partial charge on any atom is 0.221 e. The average molecular weight is 347 g/mol. The molecule has 1 fully saturated rings. The summed E-state index contributed by atoms with van der Waals surface area (Å²) >= 11 is 1.86. The minimum Gasteiger partial charge on any atom is -0.497 e. The second-order valence-electron chi connectivity index (χ2n) is 5.03. The van der Waals surface area contributed by atoms with Gasteiger partial charge in [0.1, 0.15) is 5.75 Å². The van der Waals surface area contributed by atoms with Crippen molar-refractivity contribution in [3.8, 4) is 5.75 Å². The molecule has 7 heteroatoms. The van der Waals surface area contributed by atoms with E-state index in [0.29, 0.717) is 12.2 Å². The van der Waals surface area contributed by atoms with E-state index in [0.717, 1.165) is 23.6 Å². The Hall–Kier alpha value is -0.950. The Bertz CT molecular complexity index is 470. The summed E-state index contributed by atoms with van der Waals surface area (Å²) in [4.78, 5) is 11.9. The Morgan fingerprint density at radius 2 is 2.41 bits per heavy atom. The highest BCUT2D eigenvalue weighted by molar-refractivity contribution is 7.99. The van der Waals surface area contributed by atoms with Crippen LogP contribution in [0.1, 0.15) is 18.1 Å². The van der Waals surface area contributed by atoms with E-state index in [1.807, 2.05) is 30.0 Å². The predicted octanol–water partition coefficient (Wildman–Crippen LogP) is 1.36. The first-order chi connectivity index (χ1) is 10.2. The van der Waals surface area contributed by atoms with Gasteiger partial charge in [-0.25, -0.2) is 0 Å². The van der Waals surface area contributed by atoms with E-state index in [1.165, 1.54) is 0 Å². The number of ether oxygens (including phenoxy) is 1. The van der Waals surface area contributed by atoms with Crippen LogP contribution < -0.4 is 15.4 Å². The molecule has 0 radical (unpaired) electrons. The second kappa shape index (κ2) is 9.94. The van der Waals surface area contributed by atoms with Crippen LogP contribution in [-0.2, 0) is 4.79 Å². The first-order valence-corrected chi connectivity index (χ1v) is 8.24. The molecule has 2 atom stereocenters. The Balaban J connectivity index is 0.00000242. The van der Waals surface area contributed by atoms with E-state index in [9.17, 15) is 9.90 Å². The van der Waals surface area contributed by atoms with Crippen LogP contribution in [0.4, 0.5) is 0 Å². The normalized spacial score (nSPS) is 18.9. The monoisotopic (exact) mass is 346 g/mol. The standard InChI is InChI=1S/C15H22N2O3S.ClH/c1-20-13-4-2-3-11(7-13)14(18)9-17-15(19)8-12-10-21-6-5-16-12;/h2-4,7,12,14,16,18H,5-6,8-10H2,1H3,(H,17,19);1H. The van der Waals surface area contributed by atoms with Crippen molar-refractivity contribution in [2.24, 2.45) is 0 Å². The number of aliphatic hydroxyl groups excluding tert-OH is 1. The van der Waals surface area contributed by atoms with E-state index in [2.05, 4.69) is 10.6 Å². The summed E-state index contributed by atoms with van der Waals surface area (Å²) in [6, 6.07) is 7.47. The minimum absolute atomic E-state index is 0. The summed E-state index contributed by atoms with van der Waals surface area (Å²) in [5, 5.41) is 16.2. The molecule has 0 bridgehead atoms. The number of carbonyl (C=O) groups excluding carboxylic acids is 1. The number of hydrogen-bond acceptors (Lipinski definition) is 5. The Kier molecular flexibility index (Phi) is 8.63. The van der Waals surface area contributed by atoms with Gasteiger partial charge in [0.25, 0.3) is 0 Å². The Morgan fingerprint density at radius 1 is 1.59 bits per heavy atom. The third-order valence-electron chi connectivity index (χ3n) is 3.40. The van der Waals surface area contributed by atoms with Crippen LogP contribution in [0.3, 0.4) is 0 Å². The second-order valence-corrected chi connectivity index (χ2v) is 6.18. The number of hydrogen-bond donors (Lipinski definition) is 3. The van der Waals surface area contributed by atoms with E-state index in [4.69, 9.17) is 4.74 Å². The van der Waals surface area contributed by atoms with E-state index in [1.54, 1.807) is 13.2 Å². The topological polar surface area (TPSA) is 70.6 Å². The van der Waals surface area contributed by atoms with Gasteiger partial charge in [-0.3, -0.25) is 4.79 Å². The Labute approximate surface area is 141 Å². The lowest BCUT2D eigenvalue weighted by Crippen LogP contribution is -2.41. The fourth-order valence-corrected chi connectivity index (χ4v) is 3.17. The molecule has 1 aliphatic heterocycles. The fourth-order valence-electron chi connectivity index (χ4n) is 2.22. The lowest BCUT2D eigenvalue weighted by atomic mass is 10.1. The van der Waals surface area contributed by atoms with E-state index < -0.39 is 6.10 Å². The first-order valence-electron chi connectivity index (χ1n) is 7.09. The van der Waals surface area contributed by atoms with Crippen LogP contribution >= 0.6 is 24.2 Å². The van der Waals surface area contributed by atoms with Crippen molar-refractivity contribution in [3.05, 3.63) is 29.8 Å². The fraction of sp³-hybridized carbons (Fsp3) is 0.533. The average Bonchev–Trinajstić information content (AvgIpc) is 2.53. The van der Waals surface area contributed by atoms with Gasteiger partial charge in [-0.1, -0.05) is 12.1 Å². The molecular weight excluding hydrogens is 324 g/mol. The highest BCUT2D eigenvalue weighted by Gasteiger charge is 2.17. The SMILES string of the molecule is COc1cccc(C(O)CNC(=O)CC2CSCCN2)c1.Cl. The number of carbonyl (C=O) groups is 1. The number of amides is 1. The van der Waals surface area contributed by atoms with E-state index in [-0.39, 0.29) is 30.9 Å². The first kappa shape index (κ1) is 19.1. The molecular formula is C15H23ClN2O3S. The summed E-state index contributed by atoms with van der Waals surface area (Å²) < 4.78 is 5.12. The molecule has 1 aliphatic rings. The van der Waals surface area contributed by atoms with Gasteiger partial charge < -0.3 is 20.5 Å². The lowest BCUT2D eigenvalue weighted by molar-refractivity contribution is -0.121. The largest absolute Gasteiger partial charge is 0.497 e. The molecule has 0 aliphatic carbocycles. The number of halogens is 1. The summed E-state index contributed by atoms with van der Waals surface area (Å²) in [7, 11) is 1.59. The summed E-state index contributed by atoms with van der Waals surface area (Å²) in [6.07, 6.45) is -0.268. The molecule has 1 aromatic rings. The molecule has 2 rings (SSSR count). The van der Waals surface area contributed by atoms with Gasteiger partial charge in [-0.2, -0.15) is 11.8 Å². The molecule has 124 valence electrons. The third-order valence-corrected chi connectivity index (χ3v) is 4.53. The van der Waals surface area contributed by atoms with Crippen molar-refractivity contribution >= 4 is 30.1 Å². The molecule has 1 saturated heterocycles. The number of thioether (sulfide) groups is 1. The van der Waals surface area contributed by atoms with Crippen molar-refractivity contribution in [3.63, 3.8) is 0 Å². The number of aliphatic hydroxyl groups is 1. The van der Waals surface area contributed by atoms with E-state index >= 15 is 0 Å². The maximum absolute atomic E-state index is 11.9. The van der Waals surface area contributed by atoms with Crippen LogP contribution in [-0.4, -0.2) is 48.8 Å². The van der Waals surface area contributed by atoms with Crippen molar-refractivity contribution < 1.29 is 14.6 Å². The lowest BCUT2D eigenvalue weighted by Gasteiger charge is -2.22. The van der Waals surface area contributed by atoms with Crippen LogP contribution in [0.2, 0.25) is 0 Å². The zero-order valence-corrected chi connectivity index (χ0v) is 14.2. The van der Waals surface area contributed by atoms with Crippen molar-refractivity contribution in [1.82, 2.24) is 10.6 Å². The maximum atomic E-state index is 11.9. The minimum atomic E-state index is -0.724. The van der Waals surface area contributed by atoms with Crippen LogP contribution in [0.15, 0.2) is 24.3 Å². The molecule has 0 saturated carbocycles. The van der Waals surface area contributed by atoms with Gasteiger partial charge in [0.2, 0.25) is 5.91 Å². The van der Waals surface area contributed by atoms with Crippen LogP contribution in [0.25, 0.3) is 0 Å². The number of rotatable bonds is 6. The molecule has 0 spiro atoms. The zero-order chi connectivity index (χ0) is 15.1. The van der Waals surface area contributed by atoms with Gasteiger partial charge in [0.15, 0.2) is 0 Å². The number of benzene rings is 1. The zero-order valence-electron chi connectivity index (χ0n) is 12.6. The molecule has 22 heavy (non-hydrogen) atoms. The van der Waals surface area contributed by atoms with Crippen molar-refractivity contribution in [1.29, 1.82) is 0 Å². The van der Waals surface area contributed by atoms with Crippen LogP contribution in [0.5, 0.6) is 5.75 Å². The van der Waals surface area contributed by atoms with Gasteiger partial charge in [-0.05, 0) is 17.7 Å². The molecule has 1 aromatic carbocycles. The highest BCUT2D eigenvalue weighted by atomic mass is 35.5. The molecule has 1 amide bonds. The van der Waals surface area contributed by atoms with Gasteiger partial charge in [0.05, 0.1) is 13.2 Å². The molecule has 5 nitrogen and oxygen atoms in total. The third kappa shape index (κ3) is 6.04. The summed E-state index contributed by atoms with van der Waals surface area (Å²) in [6.45, 7) is 1.17. The van der Waals surface area contributed by atoms with Gasteiger partial charge in [0, 0.05) is 37.1 Å². The van der Waals surface area contributed by atoms with Crippen LogP contribution in [0, 0.1) is 0 Å². The smallest absolute Gasteiger partial charge is 0.221 e. The predicted molar refractivity (Wildman–Crippen MR) is 91.9 cm³/mol. The summed E-state index contributed by atoms with van der Waals surface area (Å²) in [5.41, 5.74) is 0.737. The van der Waals surface area contributed by atoms with Gasteiger partial charge in [-0.15, -0.1) is 12.4 Å². The highest BCUT2D eigenvalue weighted by Crippen LogP contribution is 2.18. The molecule has 1 heterocycles. The molecule has 0 aromatic heterocycles. The quantitative estimate of drug-likeness (QED) is 0.725. The van der Waals surface area contributed by atoms with Gasteiger partial charge >= 0.3 is 0 Å². The Morgan fingerprint density at radius 3 is 3.09 bits per heavy atom. The molecule has 2 unspecified atom stereocenters. The van der Waals surface area contributed by atoms with Crippen molar-refractivity contribution in [2.45, 2.75) is 18.6 Å². The molecule has 3 N–H and O–H groups in total. The number of methoxy groups -OCH3 is 1. The number of nitrogens with one attached hydrogen (secondary N) is 2.